The van der Waals surface area contributed by atoms with Crippen LogP contribution in [-0.2, 0) is 9.47 Å². The molecular weight excluding hydrogens is 202 g/mol. The Labute approximate surface area is 99.9 Å². The monoisotopic (exact) mass is 229 g/mol. The molecule has 1 rings (SSSR count). The third-order valence-corrected chi connectivity index (χ3v) is 3.74. The highest BCUT2D eigenvalue weighted by Crippen LogP contribution is 2.25. The van der Waals surface area contributed by atoms with Crippen molar-refractivity contribution in [2.75, 3.05) is 20.8 Å². The van der Waals surface area contributed by atoms with E-state index in [-0.39, 0.29) is 6.29 Å². The topological polar surface area (TPSA) is 30.5 Å². The van der Waals surface area contributed by atoms with Gasteiger partial charge in [0.25, 0.3) is 0 Å². The van der Waals surface area contributed by atoms with Gasteiger partial charge in [-0.25, -0.2) is 0 Å². The Kier molecular flexibility index (Phi) is 7.01. The minimum atomic E-state index is -0.117. The summed E-state index contributed by atoms with van der Waals surface area (Å²) < 4.78 is 10.4. The number of methoxy groups -OCH3 is 2. The van der Waals surface area contributed by atoms with Crippen LogP contribution in [-0.4, -0.2) is 33.1 Å². The van der Waals surface area contributed by atoms with E-state index in [0.717, 1.165) is 12.5 Å². The van der Waals surface area contributed by atoms with Crippen molar-refractivity contribution >= 4 is 0 Å². The zero-order valence-corrected chi connectivity index (χ0v) is 11.0. The number of ether oxygens (including phenoxy) is 2. The molecule has 1 saturated carbocycles. The van der Waals surface area contributed by atoms with Gasteiger partial charge in [0.1, 0.15) is 0 Å². The summed E-state index contributed by atoms with van der Waals surface area (Å²) in [6.07, 6.45) is 8.26. The van der Waals surface area contributed by atoms with Crippen molar-refractivity contribution in [1.29, 1.82) is 0 Å². The summed E-state index contributed by atoms with van der Waals surface area (Å²) >= 11 is 0. The van der Waals surface area contributed by atoms with Crippen molar-refractivity contribution in [2.45, 2.75) is 57.8 Å². The molecular formula is C13H27NO2. The van der Waals surface area contributed by atoms with Gasteiger partial charge in [0.2, 0.25) is 0 Å². The average molecular weight is 229 g/mol. The molecule has 1 atom stereocenters. The van der Waals surface area contributed by atoms with E-state index < -0.39 is 0 Å². The number of hydrogen-bond donors (Lipinski definition) is 1. The summed E-state index contributed by atoms with van der Waals surface area (Å²) in [7, 11) is 3.37. The maximum absolute atomic E-state index is 5.18. The largest absolute Gasteiger partial charge is 0.355 e. The Morgan fingerprint density at radius 2 is 1.62 bits per heavy atom. The molecule has 1 fully saturated rings. The van der Waals surface area contributed by atoms with E-state index in [1.54, 1.807) is 14.2 Å². The highest BCUT2D eigenvalue weighted by Gasteiger charge is 2.19. The molecule has 0 aromatic carbocycles. The molecule has 96 valence electrons. The van der Waals surface area contributed by atoms with Crippen molar-refractivity contribution in [3.63, 3.8) is 0 Å². The lowest BCUT2D eigenvalue weighted by Crippen LogP contribution is -2.39. The Bertz CT molecular complexity index is 163. The fraction of sp³-hybridized carbons (Fsp3) is 1.00. The lowest BCUT2D eigenvalue weighted by molar-refractivity contribution is -0.100. The molecule has 3 nitrogen and oxygen atoms in total. The summed E-state index contributed by atoms with van der Waals surface area (Å²) in [5.41, 5.74) is 0. The van der Waals surface area contributed by atoms with Crippen LogP contribution in [0.15, 0.2) is 0 Å². The van der Waals surface area contributed by atoms with Crippen molar-refractivity contribution < 1.29 is 9.47 Å². The Morgan fingerprint density at radius 3 is 2.12 bits per heavy atom. The molecule has 0 bridgehead atoms. The third kappa shape index (κ3) is 4.81. The summed E-state index contributed by atoms with van der Waals surface area (Å²) in [6, 6.07) is 0.575. The van der Waals surface area contributed by atoms with Crippen LogP contribution >= 0.6 is 0 Å². The quantitative estimate of drug-likeness (QED) is 0.561. The summed E-state index contributed by atoms with van der Waals surface area (Å²) in [4.78, 5) is 0. The maximum atomic E-state index is 5.18. The number of nitrogens with one attached hydrogen (secondary N) is 1. The predicted octanol–water partition coefficient (Wildman–Crippen LogP) is 2.55. The molecule has 0 aromatic heterocycles. The minimum Gasteiger partial charge on any atom is -0.355 e. The van der Waals surface area contributed by atoms with Crippen molar-refractivity contribution in [3.05, 3.63) is 0 Å². The average Bonchev–Trinajstić information content (AvgIpc) is 2.58. The normalized spacial score (nSPS) is 21.0. The third-order valence-electron chi connectivity index (χ3n) is 3.74. The van der Waals surface area contributed by atoms with Crippen molar-refractivity contribution in [3.8, 4) is 0 Å². The molecule has 0 aromatic rings. The van der Waals surface area contributed by atoms with E-state index in [9.17, 15) is 0 Å². The van der Waals surface area contributed by atoms with Crippen LogP contribution < -0.4 is 5.32 Å². The number of hydrogen-bond acceptors (Lipinski definition) is 3. The lowest BCUT2D eigenvalue weighted by Gasteiger charge is -2.25. The molecule has 0 radical (unpaired) electrons. The molecule has 3 heteroatoms. The molecule has 0 spiro atoms. The summed E-state index contributed by atoms with van der Waals surface area (Å²) in [6.45, 7) is 3.07. The zero-order chi connectivity index (χ0) is 11.8. The van der Waals surface area contributed by atoms with E-state index in [4.69, 9.17) is 9.47 Å². The summed E-state index contributed by atoms with van der Waals surface area (Å²) in [5, 5.41) is 3.53. The van der Waals surface area contributed by atoms with E-state index in [1.165, 1.54) is 38.5 Å². The minimum absolute atomic E-state index is 0.117. The second kappa shape index (κ2) is 8.04. The van der Waals surface area contributed by atoms with Crippen LogP contribution in [0.4, 0.5) is 0 Å². The van der Waals surface area contributed by atoms with Gasteiger partial charge in [-0.3, -0.25) is 0 Å². The highest BCUT2D eigenvalue weighted by molar-refractivity contribution is 4.75. The maximum Gasteiger partial charge on any atom is 0.169 e. The highest BCUT2D eigenvalue weighted by atomic mass is 16.7. The van der Waals surface area contributed by atoms with E-state index in [2.05, 4.69) is 12.2 Å². The standard InChI is InChI=1S/C13H27NO2/c1-11(14-10-13(15-2)16-3)12-8-6-4-5-7-9-12/h11-14H,4-10H2,1-3H3/t11-/m0/s1. The molecule has 0 aliphatic heterocycles. The van der Waals surface area contributed by atoms with Gasteiger partial charge in [-0.1, -0.05) is 25.7 Å². The van der Waals surface area contributed by atoms with Gasteiger partial charge in [-0.15, -0.1) is 0 Å². The fourth-order valence-corrected chi connectivity index (χ4v) is 2.52. The van der Waals surface area contributed by atoms with Gasteiger partial charge in [0.05, 0.1) is 0 Å². The number of rotatable bonds is 6. The summed E-state index contributed by atoms with van der Waals surface area (Å²) in [5.74, 6) is 0.830. The van der Waals surface area contributed by atoms with Crippen LogP contribution in [0, 0.1) is 5.92 Å². The van der Waals surface area contributed by atoms with Crippen LogP contribution in [0.25, 0.3) is 0 Å². The Morgan fingerprint density at radius 1 is 1.06 bits per heavy atom. The first kappa shape index (κ1) is 13.9. The van der Waals surface area contributed by atoms with Gasteiger partial charge < -0.3 is 14.8 Å². The van der Waals surface area contributed by atoms with E-state index in [1.807, 2.05) is 0 Å². The first-order valence-electron chi connectivity index (χ1n) is 6.57. The molecule has 0 heterocycles. The second-order valence-corrected chi connectivity index (χ2v) is 4.85. The molecule has 0 amide bonds. The molecule has 0 saturated heterocycles. The molecule has 1 N–H and O–H groups in total. The van der Waals surface area contributed by atoms with Crippen LogP contribution in [0.2, 0.25) is 0 Å². The van der Waals surface area contributed by atoms with Gasteiger partial charge in [-0.2, -0.15) is 0 Å². The molecule has 1 aliphatic carbocycles. The van der Waals surface area contributed by atoms with Crippen molar-refractivity contribution in [2.24, 2.45) is 5.92 Å². The van der Waals surface area contributed by atoms with Gasteiger partial charge in [0, 0.05) is 26.8 Å². The van der Waals surface area contributed by atoms with Crippen molar-refractivity contribution in [1.82, 2.24) is 5.32 Å². The van der Waals surface area contributed by atoms with Gasteiger partial charge in [0.15, 0.2) is 6.29 Å². The van der Waals surface area contributed by atoms with Gasteiger partial charge in [-0.05, 0) is 25.7 Å². The van der Waals surface area contributed by atoms with E-state index >= 15 is 0 Å². The smallest absolute Gasteiger partial charge is 0.169 e. The molecule has 16 heavy (non-hydrogen) atoms. The first-order valence-corrected chi connectivity index (χ1v) is 6.57. The molecule has 1 aliphatic rings. The Balaban J connectivity index is 2.24. The predicted molar refractivity (Wildman–Crippen MR) is 66.5 cm³/mol. The fourth-order valence-electron chi connectivity index (χ4n) is 2.52. The van der Waals surface area contributed by atoms with E-state index in [0.29, 0.717) is 6.04 Å². The van der Waals surface area contributed by atoms with Crippen LogP contribution in [0.5, 0.6) is 0 Å². The first-order chi connectivity index (χ1) is 7.77. The second-order valence-electron chi connectivity index (χ2n) is 4.85. The molecule has 0 unspecified atom stereocenters. The van der Waals surface area contributed by atoms with Crippen LogP contribution in [0.1, 0.15) is 45.4 Å². The zero-order valence-electron chi connectivity index (χ0n) is 11.0. The van der Waals surface area contributed by atoms with Gasteiger partial charge >= 0.3 is 0 Å². The lowest BCUT2D eigenvalue weighted by atomic mass is 9.93. The van der Waals surface area contributed by atoms with Crippen LogP contribution in [0.3, 0.4) is 0 Å². The SMILES string of the molecule is COC(CN[C@@H](C)C1CCCCCC1)OC. The Hall–Kier alpha value is -0.120.